The van der Waals surface area contributed by atoms with E-state index in [1.807, 2.05) is 4.90 Å². The molecule has 0 aromatic carbocycles. The first-order valence-electron chi connectivity index (χ1n) is 5.76. The van der Waals surface area contributed by atoms with Crippen molar-refractivity contribution >= 4 is 5.91 Å². The van der Waals surface area contributed by atoms with Gasteiger partial charge in [0.05, 0.1) is 12.7 Å². The number of carbonyl (C=O) groups is 1. The van der Waals surface area contributed by atoms with Gasteiger partial charge in [0.1, 0.15) is 0 Å². The van der Waals surface area contributed by atoms with Gasteiger partial charge in [0.2, 0.25) is 5.91 Å². The van der Waals surface area contributed by atoms with Gasteiger partial charge in [-0.1, -0.05) is 20.3 Å². The van der Waals surface area contributed by atoms with Crippen molar-refractivity contribution in [1.29, 1.82) is 0 Å². The Balaban J connectivity index is 1.87. The molecular weight excluding hydrogens is 176 g/mol. The molecule has 1 atom stereocenters. The van der Waals surface area contributed by atoms with Crippen molar-refractivity contribution in [2.45, 2.75) is 51.6 Å². The van der Waals surface area contributed by atoms with E-state index in [1.165, 1.54) is 12.8 Å². The summed E-state index contributed by atoms with van der Waals surface area (Å²) in [5.74, 6) is 1.15. The van der Waals surface area contributed by atoms with Crippen LogP contribution >= 0.6 is 0 Å². The highest BCUT2D eigenvalue weighted by Gasteiger charge is 2.39. The highest BCUT2D eigenvalue weighted by molar-refractivity contribution is 5.84. The summed E-state index contributed by atoms with van der Waals surface area (Å²) >= 11 is 0. The molecule has 1 aliphatic carbocycles. The SMILES string of the molecule is CCCC1NCN(C2CC(C)C2)C1=O. The maximum absolute atomic E-state index is 11.9. The predicted octanol–water partition coefficient (Wildman–Crippen LogP) is 1.34. The first kappa shape index (κ1) is 9.97. The summed E-state index contributed by atoms with van der Waals surface area (Å²) in [6, 6.07) is 0.641. The van der Waals surface area contributed by atoms with Crippen molar-refractivity contribution in [3.05, 3.63) is 0 Å². The standard InChI is InChI=1S/C11H20N2O/c1-3-4-10-11(14)13(7-12-10)9-5-8(2)6-9/h8-10,12H,3-7H2,1-2H3. The fourth-order valence-corrected chi connectivity index (χ4v) is 2.51. The zero-order chi connectivity index (χ0) is 10.1. The Labute approximate surface area is 85.8 Å². The normalized spacial score (nSPS) is 37.4. The second kappa shape index (κ2) is 3.89. The van der Waals surface area contributed by atoms with Crippen LogP contribution in [0.3, 0.4) is 0 Å². The molecule has 1 saturated carbocycles. The molecule has 1 saturated heterocycles. The highest BCUT2D eigenvalue weighted by Crippen LogP contribution is 2.32. The van der Waals surface area contributed by atoms with Crippen LogP contribution in [0.4, 0.5) is 0 Å². The smallest absolute Gasteiger partial charge is 0.241 e. The lowest BCUT2D eigenvalue weighted by Crippen LogP contribution is -2.45. The number of nitrogens with one attached hydrogen (secondary N) is 1. The number of carbonyl (C=O) groups excluding carboxylic acids is 1. The summed E-state index contributed by atoms with van der Waals surface area (Å²) in [5, 5.41) is 3.30. The van der Waals surface area contributed by atoms with Gasteiger partial charge < -0.3 is 4.90 Å². The third-order valence-corrected chi connectivity index (χ3v) is 3.46. The number of amides is 1. The molecule has 0 aromatic heterocycles. The summed E-state index contributed by atoms with van der Waals surface area (Å²) in [7, 11) is 0. The van der Waals surface area contributed by atoms with Gasteiger partial charge in [-0.2, -0.15) is 0 Å². The highest BCUT2D eigenvalue weighted by atomic mass is 16.2. The van der Waals surface area contributed by atoms with Crippen LogP contribution < -0.4 is 5.32 Å². The van der Waals surface area contributed by atoms with Crippen LogP contribution in [0, 0.1) is 5.92 Å². The van der Waals surface area contributed by atoms with E-state index in [-0.39, 0.29) is 6.04 Å². The van der Waals surface area contributed by atoms with Crippen LogP contribution in [0.25, 0.3) is 0 Å². The zero-order valence-electron chi connectivity index (χ0n) is 9.12. The molecule has 80 valence electrons. The monoisotopic (exact) mass is 196 g/mol. The van der Waals surface area contributed by atoms with Crippen molar-refractivity contribution in [1.82, 2.24) is 10.2 Å². The van der Waals surface area contributed by atoms with Crippen molar-refractivity contribution in [2.24, 2.45) is 5.92 Å². The van der Waals surface area contributed by atoms with Crippen molar-refractivity contribution in [2.75, 3.05) is 6.67 Å². The maximum Gasteiger partial charge on any atom is 0.241 e. The van der Waals surface area contributed by atoms with E-state index in [1.54, 1.807) is 0 Å². The minimum Gasteiger partial charge on any atom is -0.326 e. The lowest BCUT2D eigenvalue weighted by atomic mass is 9.81. The van der Waals surface area contributed by atoms with Gasteiger partial charge in [0.15, 0.2) is 0 Å². The van der Waals surface area contributed by atoms with Gasteiger partial charge in [0.25, 0.3) is 0 Å². The first-order chi connectivity index (χ1) is 6.72. The number of hydrogen-bond acceptors (Lipinski definition) is 2. The van der Waals surface area contributed by atoms with Gasteiger partial charge in [-0.05, 0) is 25.2 Å². The van der Waals surface area contributed by atoms with E-state index in [2.05, 4.69) is 19.2 Å². The Morgan fingerprint density at radius 1 is 1.50 bits per heavy atom. The lowest BCUT2D eigenvalue weighted by Gasteiger charge is -2.39. The van der Waals surface area contributed by atoms with Crippen LogP contribution in [0.15, 0.2) is 0 Å². The first-order valence-corrected chi connectivity index (χ1v) is 5.76. The Morgan fingerprint density at radius 2 is 2.21 bits per heavy atom. The second-order valence-electron chi connectivity index (χ2n) is 4.74. The third-order valence-electron chi connectivity index (χ3n) is 3.46. The Morgan fingerprint density at radius 3 is 2.79 bits per heavy atom. The van der Waals surface area contributed by atoms with E-state index in [0.717, 1.165) is 25.4 Å². The summed E-state index contributed by atoms with van der Waals surface area (Å²) in [5.41, 5.74) is 0. The summed E-state index contributed by atoms with van der Waals surface area (Å²) in [6.45, 7) is 5.16. The zero-order valence-corrected chi connectivity index (χ0v) is 9.12. The molecule has 0 spiro atoms. The van der Waals surface area contributed by atoms with Crippen LogP contribution in [-0.4, -0.2) is 29.6 Å². The molecular formula is C11H20N2O. The Hall–Kier alpha value is -0.570. The van der Waals surface area contributed by atoms with Crippen LogP contribution in [-0.2, 0) is 4.79 Å². The molecule has 3 nitrogen and oxygen atoms in total. The van der Waals surface area contributed by atoms with E-state index in [4.69, 9.17) is 0 Å². The lowest BCUT2D eigenvalue weighted by molar-refractivity contribution is -0.133. The molecule has 1 unspecified atom stereocenters. The molecule has 2 rings (SSSR count). The minimum absolute atomic E-state index is 0.107. The predicted molar refractivity (Wildman–Crippen MR) is 55.7 cm³/mol. The van der Waals surface area contributed by atoms with Crippen molar-refractivity contribution < 1.29 is 4.79 Å². The van der Waals surface area contributed by atoms with E-state index in [9.17, 15) is 4.79 Å². The molecule has 1 N–H and O–H groups in total. The van der Waals surface area contributed by atoms with Crippen LogP contribution in [0.5, 0.6) is 0 Å². The largest absolute Gasteiger partial charge is 0.326 e. The molecule has 1 heterocycles. The van der Waals surface area contributed by atoms with E-state index >= 15 is 0 Å². The van der Waals surface area contributed by atoms with E-state index < -0.39 is 0 Å². The fraction of sp³-hybridized carbons (Fsp3) is 0.909. The molecule has 1 amide bonds. The quantitative estimate of drug-likeness (QED) is 0.739. The fourth-order valence-electron chi connectivity index (χ4n) is 2.51. The summed E-state index contributed by atoms with van der Waals surface area (Å²) in [4.78, 5) is 13.9. The molecule has 0 aromatic rings. The molecule has 0 bridgehead atoms. The van der Waals surface area contributed by atoms with E-state index in [0.29, 0.717) is 11.9 Å². The van der Waals surface area contributed by atoms with Crippen LogP contribution in [0.1, 0.15) is 39.5 Å². The van der Waals surface area contributed by atoms with Gasteiger partial charge in [-0.15, -0.1) is 0 Å². The Bertz CT molecular complexity index is 223. The van der Waals surface area contributed by atoms with Crippen molar-refractivity contribution in [3.8, 4) is 0 Å². The number of nitrogens with zero attached hydrogens (tertiary/aromatic N) is 1. The van der Waals surface area contributed by atoms with Gasteiger partial charge in [-0.3, -0.25) is 10.1 Å². The average Bonchev–Trinajstić information content (AvgIpc) is 2.44. The maximum atomic E-state index is 11.9. The van der Waals surface area contributed by atoms with Gasteiger partial charge in [0, 0.05) is 6.04 Å². The van der Waals surface area contributed by atoms with Crippen molar-refractivity contribution in [3.63, 3.8) is 0 Å². The average molecular weight is 196 g/mol. The summed E-state index contributed by atoms with van der Waals surface area (Å²) < 4.78 is 0. The second-order valence-corrected chi connectivity index (χ2v) is 4.74. The summed E-state index contributed by atoms with van der Waals surface area (Å²) in [6.07, 6.45) is 4.47. The third kappa shape index (κ3) is 1.65. The molecule has 2 fully saturated rings. The van der Waals surface area contributed by atoms with Crippen LogP contribution in [0.2, 0.25) is 0 Å². The molecule has 14 heavy (non-hydrogen) atoms. The minimum atomic E-state index is 0.107. The molecule has 3 heteroatoms. The van der Waals surface area contributed by atoms with Gasteiger partial charge >= 0.3 is 0 Å². The number of rotatable bonds is 3. The number of hydrogen-bond donors (Lipinski definition) is 1. The molecule has 1 aliphatic heterocycles. The van der Waals surface area contributed by atoms with Gasteiger partial charge in [-0.25, -0.2) is 0 Å². The Kier molecular flexibility index (Phi) is 2.77. The molecule has 2 aliphatic rings. The molecule has 0 radical (unpaired) electrons. The topological polar surface area (TPSA) is 32.3 Å².